The number of thiazole rings is 2. The molecule has 0 fully saturated rings. The molecule has 4 nitrogen and oxygen atoms in total. The summed E-state index contributed by atoms with van der Waals surface area (Å²) in [6, 6.07) is 6.37. The van der Waals surface area contributed by atoms with E-state index < -0.39 is 0 Å². The van der Waals surface area contributed by atoms with Crippen LogP contribution in [0, 0.1) is 19.7 Å². The van der Waals surface area contributed by atoms with Gasteiger partial charge in [-0.3, -0.25) is 4.79 Å². The second-order valence-corrected chi connectivity index (χ2v) is 8.45. The average Bonchev–Trinajstić information content (AvgIpc) is 3.22. The number of carbonyl (C=O) groups excluding carboxylic acids is 1. The number of hydrogen-bond acceptors (Lipinski definition) is 5. The van der Waals surface area contributed by atoms with Gasteiger partial charge in [0.05, 0.1) is 15.7 Å². The molecule has 0 saturated heterocycles. The Balaban J connectivity index is 1.46. The number of unbranched alkanes of at least 4 members (excludes halogenated alkanes) is 1. The maximum atomic E-state index is 13.0. The van der Waals surface area contributed by atoms with Crippen molar-refractivity contribution in [3.63, 3.8) is 0 Å². The van der Waals surface area contributed by atoms with Gasteiger partial charge in [-0.1, -0.05) is 12.1 Å². The van der Waals surface area contributed by atoms with E-state index in [1.54, 1.807) is 23.5 Å². The second kappa shape index (κ2) is 9.19. The highest BCUT2D eigenvalue weighted by Crippen LogP contribution is 2.21. The fourth-order valence-corrected chi connectivity index (χ4v) is 4.55. The van der Waals surface area contributed by atoms with Gasteiger partial charge in [0.15, 0.2) is 0 Å². The van der Waals surface area contributed by atoms with Crippen molar-refractivity contribution in [2.75, 3.05) is 6.54 Å². The van der Waals surface area contributed by atoms with Crippen molar-refractivity contribution in [3.05, 3.63) is 67.3 Å². The molecule has 7 heteroatoms. The lowest BCUT2D eigenvalue weighted by molar-refractivity contribution is 0.0956. The molecule has 0 saturated carbocycles. The van der Waals surface area contributed by atoms with Crippen molar-refractivity contribution in [1.82, 2.24) is 15.3 Å². The summed E-state index contributed by atoms with van der Waals surface area (Å²) < 4.78 is 13.0. The Hall–Kier alpha value is -2.12. The van der Waals surface area contributed by atoms with Gasteiger partial charge in [-0.15, -0.1) is 22.7 Å². The van der Waals surface area contributed by atoms with E-state index in [1.807, 2.05) is 13.8 Å². The third-order valence-corrected chi connectivity index (χ3v) is 6.27. The minimum Gasteiger partial charge on any atom is -0.351 e. The number of carbonyl (C=O) groups is 1. The predicted molar refractivity (Wildman–Crippen MR) is 108 cm³/mol. The number of rotatable bonds is 8. The second-order valence-electron chi connectivity index (χ2n) is 6.42. The van der Waals surface area contributed by atoms with Crippen LogP contribution in [0.2, 0.25) is 0 Å². The largest absolute Gasteiger partial charge is 0.351 e. The first-order chi connectivity index (χ1) is 13.0. The highest BCUT2D eigenvalue weighted by atomic mass is 32.1. The van der Waals surface area contributed by atoms with Crippen LogP contribution in [-0.2, 0) is 12.8 Å². The maximum Gasteiger partial charge on any atom is 0.263 e. The van der Waals surface area contributed by atoms with Gasteiger partial charge in [-0.25, -0.2) is 14.4 Å². The van der Waals surface area contributed by atoms with Gasteiger partial charge < -0.3 is 5.32 Å². The normalized spacial score (nSPS) is 10.9. The molecule has 3 aromatic rings. The van der Waals surface area contributed by atoms with Crippen LogP contribution in [0.25, 0.3) is 0 Å². The lowest BCUT2D eigenvalue weighted by Gasteiger charge is -2.03. The SMILES string of the molecule is Cc1csc(CCCCNC(=O)c2sc(Cc3ccc(F)cc3)nc2C)n1. The van der Waals surface area contributed by atoms with Crippen molar-refractivity contribution in [1.29, 1.82) is 0 Å². The van der Waals surface area contributed by atoms with Crippen LogP contribution in [-0.4, -0.2) is 22.4 Å². The fraction of sp³-hybridized carbons (Fsp3) is 0.350. The zero-order valence-electron chi connectivity index (χ0n) is 15.4. The summed E-state index contributed by atoms with van der Waals surface area (Å²) in [7, 11) is 0. The van der Waals surface area contributed by atoms with E-state index in [0.29, 0.717) is 17.8 Å². The van der Waals surface area contributed by atoms with Crippen LogP contribution in [0.1, 0.15) is 49.5 Å². The van der Waals surface area contributed by atoms with E-state index in [-0.39, 0.29) is 11.7 Å². The Morgan fingerprint density at radius 1 is 1.11 bits per heavy atom. The Labute approximate surface area is 166 Å². The third kappa shape index (κ3) is 5.68. The molecule has 1 aromatic carbocycles. The lowest BCUT2D eigenvalue weighted by atomic mass is 10.1. The van der Waals surface area contributed by atoms with Crippen LogP contribution in [0.3, 0.4) is 0 Å². The minimum atomic E-state index is -0.251. The Morgan fingerprint density at radius 2 is 1.89 bits per heavy atom. The number of hydrogen-bond donors (Lipinski definition) is 1. The van der Waals surface area contributed by atoms with Crippen LogP contribution >= 0.6 is 22.7 Å². The fourth-order valence-electron chi connectivity index (χ4n) is 2.72. The van der Waals surface area contributed by atoms with E-state index in [1.165, 1.54) is 23.5 Å². The molecular formula is C20H22FN3OS2. The molecule has 0 atom stereocenters. The Bertz CT molecular complexity index is 902. The molecule has 0 radical (unpaired) electrons. The van der Waals surface area contributed by atoms with E-state index in [0.717, 1.165) is 46.2 Å². The highest BCUT2D eigenvalue weighted by Gasteiger charge is 2.15. The zero-order chi connectivity index (χ0) is 19.2. The number of nitrogens with zero attached hydrogens (tertiary/aromatic N) is 2. The van der Waals surface area contributed by atoms with Gasteiger partial charge in [0.1, 0.15) is 10.7 Å². The van der Waals surface area contributed by atoms with Crippen molar-refractivity contribution >= 4 is 28.6 Å². The van der Waals surface area contributed by atoms with Gasteiger partial charge in [-0.05, 0) is 50.8 Å². The van der Waals surface area contributed by atoms with Crippen molar-refractivity contribution in [2.24, 2.45) is 0 Å². The lowest BCUT2D eigenvalue weighted by Crippen LogP contribution is -2.24. The first-order valence-electron chi connectivity index (χ1n) is 8.91. The van der Waals surface area contributed by atoms with Crippen LogP contribution in [0.4, 0.5) is 4.39 Å². The molecule has 3 rings (SSSR count). The molecule has 0 aliphatic carbocycles. The summed E-state index contributed by atoms with van der Waals surface area (Å²) in [5, 5.41) is 7.06. The molecule has 1 N–H and O–H groups in total. The number of nitrogens with one attached hydrogen (secondary N) is 1. The Morgan fingerprint density at radius 3 is 2.59 bits per heavy atom. The number of halogens is 1. The smallest absolute Gasteiger partial charge is 0.263 e. The molecule has 0 aliphatic rings. The third-order valence-electron chi connectivity index (χ3n) is 4.09. The molecule has 0 aliphatic heterocycles. The predicted octanol–water partition coefficient (Wildman–Crippen LogP) is 4.70. The maximum absolute atomic E-state index is 13.0. The number of aryl methyl sites for hydroxylation is 3. The molecule has 2 heterocycles. The summed E-state index contributed by atoms with van der Waals surface area (Å²) in [5.74, 6) is -0.320. The number of amides is 1. The molecule has 27 heavy (non-hydrogen) atoms. The van der Waals surface area contributed by atoms with Gasteiger partial charge >= 0.3 is 0 Å². The molecule has 0 unspecified atom stereocenters. The standard InChI is InChI=1S/C20H22FN3OS2/c1-13-12-26-17(23-13)5-3-4-10-22-20(25)19-14(2)24-18(27-19)11-15-6-8-16(21)9-7-15/h6-9,12H,3-5,10-11H2,1-2H3,(H,22,25). The first kappa shape index (κ1) is 19.6. The Kier molecular flexibility index (Phi) is 6.68. The summed E-state index contributed by atoms with van der Waals surface area (Å²) in [6.45, 7) is 4.50. The summed E-state index contributed by atoms with van der Waals surface area (Å²) >= 11 is 3.10. The quantitative estimate of drug-likeness (QED) is 0.555. The molecule has 2 aromatic heterocycles. The minimum absolute atomic E-state index is 0.0690. The summed E-state index contributed by atoms with van der Waals surface area (Å²) in [6.07, 6.45) is 3.48. The molecule has 0 bridgehead atoms. The van der Waals surface area contributed by atoms with Crippen LogP contribution < -0.4 is 5.32 Å². The summed E-state index contributed by atoms with van der Waals surface area (Å²) in [4.78, 5) is 22.0. The van der Waals surface area contributed by atoms with E-state index >= 15 is 0 Å². The highest BCUT2D eigenvalue weighted by molar-refractivity contribution is 7.13. The topological polar surface area (TPSA) is 54.9 Å². The van der Waals surface area contributed by atoms with E-state index in [4.69, 9.17) is 0 Å². The van der Waals surface area contributed by atoms with Gasteiger partial charge in [0.2, 0.25) is 0 Å². The van der Waals surface area contributed by atoms with Crippen LogP contribution in [0.15, 0.2) is 29.6 Å². The average molecular weight is 404 g/mol. The first-order valence-corrected chi connectivity index (χ1v) is 10.6. The van der Waals surface area contributed by atoms with E-state index in [9.17, 15) is 9.18 Å². The van der Waals surface area contributed by atoms with Crippen molar-refractivity contribution in [2.45, 2.75) is 39.5 Å². The zero-order valence-corrected chi connectivity index (χ0v) is 17.1. The molecule has 0 spiro atoms. The van der Waals surface area contributed by atoms with Gasteiger partial charge in [-0.2, -0.15) is 0 Å². The van der Waals surface area contributed by atoms with Crippen LogP contribution in [0.5, 0.6) is 0 Å². The van der Waals surface area contributed by atoms with Gasteiger partial charge in [0, 0.05) is 24.0 Å². The van der Waals surface area contributed by atoms with E-state index in [2.05, 4.69) is 20.7 Å². The molecule has 142 valence electrons. The molecular weight excluding hydrogens is 381 g/mol. The number of aromatic nitrogens is 2. The molecule has 1 amide bonds. The summed E-state index contributed by atoms with van der Waals surface area (Å²) in [5.41, 5.74) is 2.79. The monoisotopic (exact) mass is 403 g/mol. The number of benzene rings is 1. The van der Waals surface area contributed by atoms with Gasteiger partial charge in [0.25, 0.3) is 5.91 Å². The van der Waals surface area contributed by atoms with Crippen molar-refractivity contribution in [3.8, 4) is 0 Å². The van der Waals surface area contributed by atoms with Crippen molar-refractivity contribution < 1.29 is 9.18 Å².